The Morgan fingerprint density at radius 3 is 2.79 bits per heavy atom. The summed E-state index contributed by atoms with van der Waals surface area (Å²) in [6, 6.07) is 4.40. The van der Waals surface area contributed by atoms with Gasteiger partial charge in [-0.05, 0) is 18.6 Å². The number of carbonyl (C=O) groups excluding carboxylic acids is 1. The van der Waals surface area contributed by atoms with Crippen LogP contribution in [0.3, 0.4) is 0 Å². The summed E-state index contributed by atoms with van der Waals surface area (Å²) in [5.74, 6) is -0.720. The maximum atomic E-state index is 13.9. The fourth-order valence-electron chi connectivity index (χ4n) is 3.36. The minimum absolute atomic E-state index is 0.0948. The molecular formula is C17H22ClFN2O3. The SMILES string of the molecule is O=C(NCC(C1CCOC1)N1CCOCC1)c1c(F)cccc1Cl. The van der Waals surface area contributed by atoms with E-state index in [0.717, 1.165) is 26.1 Å². The molecule has 2 atom stereocenters. The van der Waals surface area contributed by atoms with Gasteiger partial charge in [0.1, 0.15) is 5.82 Å². The fourth-order valence-corrected chi connectivity index (χ4v) is 3.61. The first-order valence-corrected chi connectivity index (χ1v) is 8.66. The number of halogens is 2. The van der Waals surface area contributed by atoms with E-state index in [4.69, 9.17) is 21.1 Å². The van der Waals surface area contributed by atoms with Crippen LogP contribution in [-0.2, 0) is 9.47 Å². The zero-order valence-corrected chi connectivity index (χ0v) is 14.2. The third-order valence-electron chi connectivity index (χ3n) is 4.69. The maximum absolute atomic E-state index is 13.9. The largest absolute Gasteiger partial charge is 0.381 e. The molecule has 2 aliphatic heterocycles. The number of carbonyl (C=O) groups is 1. The Labute approximate surface area is 146 Å². The third kappa shape index (κ3) is 4.06. The first-order valence-electron chi connectivity index (χ1n) is 8.28. The molecular weight excluding hydrogens is 335 g/mol. The van der Waals surface area contributed by atoms with Gasteiger partial charge >= 0.3 is 0 Å². The van der Waals surface area contributed by atoms with Gasteiger partial charge in [-0.1, -0.05) is 17.7 Å². The van der Waals surface area contributed by atoms with Gasteiger partial charge in [0.25, 0.3) is 5.91 Å². The summed E-state index contributed by atoms with van der Waals surface area (Å²) in [7, 11) is 0. The van der Waals surface area contributed by atoms with E-state index in [1.807, 2.05) is 0 Å². The molecule has 132 valence electrons. The Hall–Kier alpha value is -1.21. The van der Waals surface area contributed by atoms with Crippen molar-refractivity contribution in [2.75, 3.05) is 46.1 Å². The lowest BCUT2D eigenvalue weighted by molar-refractivity contribution is 0.00165. The molecule has 0 radical (unpaired) electrons. The molecule has 2 unspecified atom stereocenters. The van der Waals surface area contributed by atoms with Crippen molar-refractivity contribution in [1.82, 2.24) is 10.2 Å². The predicted octanol–water partition coefficient (Wildman–Crippen LogP) is 1.95. The summed E-state index contributed by atoms with van der Waals surface area (Å²) in [5.41, 5.74) is -0.0948. The molecule has 3 rings (SSSR count). The zero-order valence-electron chi connectivity index (χ0n) is 13.5. The number of amides is 1. The van der Waals surface area contributed by atoms with Crippen molar-refractivity contribution >= 4 is 17.5 Å². The van der Waals surface area contributed by atoms with Gasteiger partial charge in [-0.15, -0.1) is 0 Å². The highest BCUT2D eigenvalue weighted by molar-refractivity contribution is 6.33. The molecule has 1 amide bonds. The second kappa shape index (κ2) is 8.25. The van der Waals surface area contributed by atoms with Crippen LogP contribution < -0.4 is 5.32 Å². The van der Waals surface area contributed by atoms with Gasteiger partial charge in [0.15, 0.2) is 0 Å². The molecule has 2 aliphatic rings. The highest BCUT2D eigenvalue weighted by Gasteiger charge is 2.32. The van der Waals surface area contributed by atoms with Crippen molar-refractivity contribution in [1.29, 1.82) is 0 Å². The summed E-state index contributed by atoms with van der Waals surface area (Å²) in [6.07, 6.45) is 0.971. The number of hydrogen-bond acceptors (Lipinski definition) is 4. The van der Waals surface area contributed by atoms with E-state index in [1.165, 1.54) is 18.2 Å². The number of nitrogens with zero attached hydrogens (tertiary/aromatic N) is 1. The highest BCUT2D eigenvalue weighted by Crippen LogP contribution is 2.23. The Bertz CT molecular complexity index is 555. The van der Waals surface area contributed by atoms with Crippen LogP contribution >= 0.6 is 11.6 Å². The van der Waals surface area contributed by atoms with Crippen molar-refractivity contribution in [3.05, 3.63) is 34.6 Å². The van der Waals surface area contributed by atoms with Crippen LogP contribution in [0.5, 0.6) is 0 Å². The second-order valence-electron chi connectivity index (χ2n) is 6.15. The molecule has 1 N–H and O–H groups in total. The van der Waals surface area contributed by atoms with Gasteiger partial charge in [0.05, 0.1) is 30.4 Å². The molecule has 24 heavy (non-hydrogen) atoms. The van der Waals surface area contributed by atoms with E-state index in [1.54, 1.807) is 0 Å². The summed E-state index contributed by atoms with van der Waals surface area (Å²) in [6.45, 7) is 4.93. The summed E-state index contributed by atoms with van der Waals surface area (Å²) >= 11 is 5.97. The quantitative estimate of drug-likeness (QED) is 0.876. The van der Waals surface area contributed by atoms with Crippen molar-refractivity contribution < 1.29 is 18.7 Å². The Morgan fingerprint density at radius 1 is 1.33 bits per heavy atom. The van der Waals surface area contributed by atoms with E-state index < -0.39 is 11.7 Å². The first kappa shape index (κ1) is 17.6. The Balaban J connectivity index is 1.67. The van der Waals surface area contributed by atoms with Gasteiger partial charge < -0.3 is 14.8 Å². The first-order chi connectivity index (χ1) is 11.7. The average molecular weight is 357 g/mol. The van der Waals surface area contributed by atoms with Gasteiger partial charge in [0, 0.05) is 38.2 Å². The second-order valence-corrected chi connectivity index (χ2v) is 6.55. The van der Waals surface area contributed by atoms with E-state index in [9.17, 15) is 9.18 Å². The number of morpholine rings is 1. The molecule has 1 aromatic carbocycles. The van der Waals surface area contributed by atoms with Crippen LogP contribution in [0.1, 0.15) is 16.8 Å². The van der Waals surface area contributed by atoms with E-state index in [2.05, 4.69) is 10.2 Å². The standard InChI is InChI=1S/C17H22ClFN2O3/c18-13-2-1-3-14(19)16(13)17(22)20-10-15(12-4-7-24-11-12)21-5-8-23-9-6-21/h1-3,12,15H,4-11H2,(H,20,22). The lowest BCUT2D eigenvalue weighted by Crippen LogP contribution is -2.52. The lowest BCUT2D eigenvalue weighted by atomic mass is 9.96. The van der Waals surface area contributed by atoms with E-state index >= 15 is 0 Å². The fraction of sp³-hybridized carbons (Fsp3) is 0.588. The van der Waals surface area contributed by atoms with Crippen LogP contribution in [0, 0.1) is 11.7 Å². The molecule has 0 bridgehead atoms. The van der Waals surface area contributed by atoms with Gasteiger partial charge in [-0.25, -0.2) is 4.39 Å². The van der Waals surface area contributed by atoms with Crippen molar-refractivity contribution in [3.8, 4) is 0 Å². The minimum atomic E-state index is -0.605. The molecule has 0 spiro atoms. The lowest BCUT2D eigenvalue weighted by Gasteiger charge is -2.37. The monoisotopic (exact) mass is 356 g/mol. The zero-order chi connectivity index (χ0) is 16.9. The van der Waals surface area contributed by atoms with Crippen LogP contribution in [0.15, 0.2) is 18.2 Å². The number of benzene rings is 1. The van der Waals surface area contributed by atoms with Crippen LogP contribution in [0.2, 0.25) is 5.02 Å². The van der Waals surface area contributed by atoms with Crippen molar-refractivity contribution in [2.45, 2.75) is 12.5 Å². The third-order valence-corrected chi connectivity index (χ3v) is 5.00. The number of rotatable bonds is 5. The van der Waals surface area contributed by atoms with Crippen LogP contribution in [0.25, 0.3) is 0 Å². The molecule has 7 heteroatoms. The molecule has 2 heterocycles. The van der Waals surface area contributed by atoms with Crippen LogP contribution in [-0.4, -0.2) is 62.9 Å². The Morgan fingerprint density at radius 2 is 2.12 bits per heavy atom. The molecule has 0 aromatic heterocycles. The predicted molar refractivity (Wildman–Crippen MR) is 88.8 cm³/mol. The smallest absolute Gasteiger partial charge is 0.255 e. The number of ether oxygens (including phenoxy) is 2. The van der Waals surface area contributed by atoms with E-state index in [0.29, 0.717) is 32.3 Å². The molecule has 0 saturated carbocycles. The molecule has 0 aliphatic carbocycles. The summed E-state index contributed by atoms with van der Waals surface area (Å²) in [5, 5.41) is 2.98. The van der Waals surface area contributed by atoms with Crippen molar-refractivity contribution in [2.24, 2.45) is 5.92 Å². The molecule has 5 nitrogen and oxygen atoms in total. The Kier molecular flexibility index (Phi) is 6.05. The minimum Gasteiger partial charge on any atom is -0.381 e. The van der Waals surface area contributed by atoms with Gasteiger partial charge in [0.2, 0.25) is 0 Å². The molecule has 1 aromatic rings. The summed E-state index contributed by atoms with van der Waals surface area (Å²) < 4.78 is 24.8. The normalized spacial score (nSPS) is 23.2. The topological polar surface area (TPSA) is 50.8 Å². The molecule has 2 fully saturated rings. The number of nitrogens with one attached hydrogen (secondary N) is 1. The molecule has 2 saturated heterocycles. The van der Waals surface area contributed by atoms with Gasteiger partial charge in [-0.3, -0.25) is 9.69 Å². The van der Waals surface area contributed by atoms with Crippen molar-refractivity contribution in [3.63, 3.8) is 0 Å². The van der Waals surface area contributed by atoms with E-state index in [-0.39, 0.29) is 16.6 Å². The summed E-state index contributed by atoms with van der Waals surface area (Å²) in [4.78, 5) is 14.7. The van der Waals surface area contributed by atoms with Gasteiger partial charge in [-0.2, -0.15) is 0 Å². The van der Waals surface area contributed by atoms with Crippen LogP contribution in [0.4, 0.5) is 4.39 Å². The highest BCUT2D eigenvalue weighted by atomic mass is 35.5. The number of hydrogen-bond donors (Lipinski definition) is 1. The maximum Gasteiger partial charge on any atom is 0.255 e. The average Bonchev–Trinajstić information content (AvgIpc) is 3.10.